The highest BCUT2D eigenvalue weighted by Crippen LogP contribution is 2.47. The van der Waals surface area contributed by atoms with E-state index in [2.05, 4.69) is 49.3 Å². The molecule has 0 saturated heterocycles. The molecule has 45 heavy (non-hydrogen) atoms. The molecule has 3 aromatic rings. The van der Waals surface area contributed by atoms with Crippen LogP contribution in [0, 0.1) is 23.3 Å². The first-order valence-electron chi connectivity index (χ1n) is 15.0. The van der Waals surface area contributed by atoms with Gasteiger partial charge < -0.3 is 14.7 Å². The van der Waals surface area contributed by atoms with Gasteiger partial charge in [-0.05, 0) is 70.9 Å². The zero-order valence-electron chi connectivity index (χ0n) is 26.5. The number of rotatable bonds is 4. The van der Waals surface area contributed by atoms with E-state index < -0.39 is 40.4 Å². The summed E-state index contributed by atoms with van der Waals surface area (Å²) in [7, 11) is 0. The van der Waals surface area contributed by atoms with Crippen molar-refractivity contribution in [3.8, 4) is 11.5 Å². The van der Waals surface area contributed by atoms with Crippen LogP contribution in [0.3, 0.4) is 0 Å². The SMILES string of the molecule is CCN1c2cc3c(cc2C(C)=CC1(C)C)C(c1c(F)c(F)c(F)c(F)c1C(=O)O)=c1cc2c(cc1O3)=[N+](CC)C(C)(C)C=C2C. The summed E-state index contributed by atoms with van der Waals surface area (Å²) in [5.41, 5.74) is 1.49. The number of fused-ring (bicyclic) bond motifs is 4. The molecule has 3 heterocycles. The van der Waals surface area contributed by atoms with Gasteiger partial charge in [-0.15, -0.1) is 0 Å². The highest BCUT2D eigenvalue weighted by atomic mass is 19.2. The molecule has 3 aliphatic heterocycles. The van der Waals surface area contributed by atoms with Crippen molar-refractivity contribution >= 4 is 28.4 Å². The highest BCUT2D eigenvalue weighted by molar-refractivity contribution is 6.00. The minimum absolute atomic E-state index is 0.0917. The molecule has 5 nitrogen and oxygen atoms in total. The maximum Gasteiger partial charge on any atom is 0.339 e. The fourth-order valence-electron chi connectivity index (χ4n) is 7.52. The number of benzene rings is 3. The summed E-state index contributed by atoms with van der Waals surface area (Å²) in [4.78, 5) is 14.6. The lowest BCUT2D eigenvalue weighted by atomic mass is 9.83. The van der Waals surface area contributed by atoms with Crippen molar-refractivity contribution in [1.82, 2.24) is 4.58 Å². The number of anilines is 1. The normalized spacial score (nSPS) is 17.5. The summed E-state index contributed by atoms with van der Waals surface area (Å²) < 4.78 is 69.4. The second kappa shape index (κ2) is 10.1. The number of likely N-dealkylation sites (N-methyl/N-ethyl adjacent to an activating group) is 2. The van der Waals surface area contributed by atoms with Gasteiger partial charge in [-0.1, -0.05) is 6.08 Å². The van der Waals surface area contributed by atoms with Crippen LogP contribution in [0.15, 0.2) is 36.4 Å². The van der Waals surface area contributed by atoms with Crippen LogP contribution in [-0.4, -0.2) is 35.2 Å². The first kappa shape index (κ1) is 30.6. The molecule has 3 aliphatic rings. The molecule has 0 saturated carbocycles. The molecular weight excluding hydrogens is 584 g/mol. The molecule has 0 radical (unpaired) electrons. The number of carboxylic acid groups (broad SMARTS) is 1. The van der Waals surface area contributed by atoms with E-state index in [1.54, 1.807) is 24.3 Å². The Kier molecular flexibility index (Phi) is 6.84. The highest BCUT2D eigenvalue weighted by Gasteiger charge is 2.38. The van der Waals surface area contributed by atoms with E-state index in [1.165, 1.54) is 0 Å². The lowest BCUT2D eigenvalue weighted by Crippen LogP contribution is -2.49. The Hall–Kier alpha value is -4.40. The van der Waals surface area contributed by atoms with E-state index >= 15 is 8.78 Å². The Bertz CT molecular complexity index is 2060. The van der Waals surface area contributed by atoms with Gasteiger partial charge in [-0.3, -0.25) is 0 Å². The molecule has 234 valence electrons. The van der Waals surface area contributed by atoms with Gasteiger partial charge in [0.05, 0.1) is 11.6 Å². The fraction of sp³-hybridized carbons (Fsp3) is 0.333. The Morgan fingerprint density at radius 2 is 1.49 bits per heavy atom. The standard InChI is InChI=1S/C36H34F4N2O3/c1-9-41-23-13-25-21(11-19(23)17(3)15-35(41,5)6)27(28-29(34(43)44)31(38)33(40)32(39)30(28)37)22-12-20-18(4)16-36(7,8)42(10-2)24(20)14-26(22)45-25/h11-16H,9-10H2,1-8H3/p+1. The average Bonchev–Trinajstić information content (AvgIpc) is 2.94. The maximum absolute atomic E-state index is 16.0. The number of carbonyl (C=O) groups is 1. The van der Waals surface area contributed by atoms with E-state index in [-0.39, 0.29) is 38.9 Å². The van der Waals surface area contributed by atoms with E-state index in [0.29, 0.717) is 13.1 Å². The van der Waals surface area contributed by atoms with Gasteiger partial charge in [0.1, 0.15) is 23.6 Å². The van der Waals surface area contributed by atoms with Crippen LogP contribution in [0.4, 0.5) is 23.2 Å². The number of hydrogen-bond donors (Lipinski definition) is 1. The Morgan fingerprint density at radius 1 is 0.844 bits per heavy atom. The second-order valence-electron chi connectivity index (χ2n) is 13.0. The van der Waals surface area contributed by atoms with E-state index in [9.17, 15) is 18.7 Å². The van der Waals surface area contributed by atoms with Crippen molar-refractivity contribution in [2.24, 2.45) is 0 Å². The van der Waals surface area contributed by atoms with Crippen molar-refractivity contribution in [1.29, 1.82) is 0 Å². The van der Waals surface area contributed by atoms with Crippen molar-refractivity contribution < 1.29 is 32.2 Å². The van der Waals surface area contributed by atoms with Crippen LogP contribution in [0.5, 0.6) is 11.5 Å². The van der Waals surface area contributed by atoms with E-state index in [1.807, 2.05) is 27.7 Å². The van der Waals surface area contributed by atoms with Crippen LogP contribution in [-0.2, 0) is 0 Å². The van der Waals surface area contributed by atoms with Gasteiger partial charge >= 0.3 is 5.97 Å². The largest absolute Gasteiger partial charge is 0.478 e. The average molecular weight is 620 g/mol. The van der Waals surface area contributed by atoms with Gasteiger partial charge in [-0.2, -0.15) is 0 Å². The van der Waals surface area contributed by atoms with Crippen molar-refractivity contribution in [2.75, 3.05) is 18.0 Å². The van der Waals surface area contributed by atoms with Crippen LogP contribution in [0.25, 0.3) is 16.7 Å². The van der Waals surface area contributed by atoms with Crippen molar-refractivity contribution in [3.05, 3.63) is 98.1 Å². The molecule has 0 aliphatic carbocycles. The number of nitrogens with zero attached hydrogens (tertiary/aromatic N) is 2. The predicted molar refractivity (Wildman–Crippen MR) is 167 cm³/mol. The van der Waals surface area contributed by atoms with Crippen LogP contribution in [0.1, 0.15) is 88.0 Å². The molecule has 0 aromatic heterocycles. The third-order valence-corrected chi connectivity index (χ3v) is 9.28. The molecule has 0 fully saturated rings. The third kappa shape index (κ3) is 4.34. The van der Waals surface area contributed by atoms with Gasteiger partial charge in [0.15, 0.2) is 28.8 Å². The molecule has 0 unspecified atom stereocenters. The molecule has 0 atom stereocenters. The number of hydrogen-bond acceptors (Lipinski definition) is 3. The summed E-state index contributed by atoms with van der Waals surface area (Å²) in [5.74, 6) is -9.45. The summed E-state index contributed by atoms with van der Waals surface area (Å²) in [6, 6.07) is 7.08. The minimum Gasteiger partial charge on any atom is -0.478 e. The molecule has 0 spiro atoms. The van der Waals surface area contributed by atoms with Crippen LogP contribution in [0.2, 0.25) is 0 Å². The molecule has 1 N–H and O–H groups in total. The number of ether oxygens (including phenoxy) is 1. The minimum atomic E-state index is -2.18. The summed E-state index contributed by atoms with van der Waals surface area (Å²) >= 11 is 0. The van der Waals surface area contributed by atoms with Gasteiger partial charge in [0.2, 0.25) is 5.36 Å². The topological polar surface area (TPSA) is 52.8 Å². The van der Waals surface area contributed by atoms with Gasteiger partial charge in [0, 0.05) is 65.2 Å². The molecule has 3 aromatic carbocycles. The first-order chi connectivity index (χ1) is 21.0. The molecular formula is C36H35F4N2O3+. The van der Waals surface area contributed by atoms with Crippen LogP contribution < -0.4 is 24.8 Å². The second-order valence-corrected chi connectivity index (χ2v) is 13.0. The Labute approximate surface area is 259 Å². The van der Waals surface area contributed by atoms with E-state index in [4.69, 9.17) is 4.74 Å². The monoisotopic (exact) mass is 619 g/mol. The smallest absolute Gasteiger partial charge is 0.339 e. The Morgan fingerprint density at radius 3 is 2.11 bits per heavy atom. The zero-order valence-corrected chi connectivity index (χ0v) is 26.5. The molecule has 6 rings (SSSR count). The van der Waals surface area contributed by atoms with Gasteiger partial charge in [0.25, 0.3) is 0 Å². The Balaban J connectivity index is 1.85. The lowest BCUT2D eigenvalue weighted by molar-refractivity contribution is 0.0689. The lowest BCUT2D eigenvalue weighted by Gasteiger charge is -2.43. The summed E-state index contributed by atoms with van der Waals surface area (Å²) in [6.07, 6.45) is 4.18. The molecule has 9 heteroatoms. The van der Waals surface area contributed by atoms with Gasteiger partial charge in [-0.25, -0.2) is 26.9 Å². The van der Waals surface area contributed by atoms with Crippen molar-refractivity contribution in [3.63, 3.8) is 0 Å². The third-order valence-electron chi connectivity index (χ3n) is 9.28. The predicted octanol–water partition coefficient (Wildman–Crippen LogP) is 7.02. The number of aromatic carboxylic acids is 1. The summed E-state index contributed by atoms with van der Waals surface area (Å²) in [6.45, 7) is 17.5. The molecule has 0 bridgehead atoms. The van der Waals surface area contributed by atoms with Crippen molar-refractivity contribution in [2.45, 2.75) is 66.5 Å². The molecule has 0 amide bonds. The quantitative estimate of drug-likeness (QED) is 0.116. The first-order valence-corrected chi connectivity index (χ1v) is 15.0. The number of allylic oxidation sites excluding steroid dienone is 2. The van der Waals surface area contributed by atoms with E-state index in [0.717, 1.165) is 33.3 Å². The maximum atomic E-state index is 16.0. The van der Waals surface area contributed by atoms with Crippen LogP contribution >= 0.6 is 0 Å². The zero-order chi connectivity index (χ0) is 32.9. The fourth-order valence-corrected chi connectivity index (χ4v) is 7.52. The summed E-state index contributed by atoms with van der Waals surface area (Å²) in [5, 5.41) is 11.1. The number of carboxylic acids is 1. The number of halogens is 4.